The van der Waals surface area contributed by atoms with Crippen molar-refractivity contribution in [2.45, 2.75) is 19.8 Å². The highest BCUT2D eigenvalue weighted by molar-refractivity contribution is 9.10. The molecule has 1 N–H and O–H groups in total. The number of hydrogen-bond acceptors (Lipinski definition) is 3. The average Bonchev–Trinajstić information content (AvgIpc) is 2.81. The summed E-state index contributed by atoms with van der Waals surface area (Å²) in [5, 5.41) is 12.4. The zero-order valence-electron chi connectivity index (χ0n) is 10.3. The maximum absolute atomic E-state index is 14.1. The fourth-order valence-electron chi connectivity index (χ4n) is 1.63. The van der Waals surface area contributed by atoms with Crippen molar-refractivity contribution in [3.05, 3.63) is 39.8 Å². The van der Waals surface area contributed by atoms with Crippen molar-refractivity contribution >= 4 is 21.9 Å². The minimum Gasteiger partial charge on any atom is -0.475 e. The van der Waals surface area contributed by atoms with Crippen molar-refractivity contribution in [2.24, 2.45) is 0 Å². The Morgan fingerprint density at radius 2 is 2.11 bits per heavy atom. The predicted molar refractivity (Wildman–Crippen MR) is 70.6 cm³/mol. The van der Waals surface area contributed by atoms with E-state index in [1.165, 1.54) is 6.07 Å². The van der Waals surface area contributed by atoms with Crippen LogP contribution < -0.4 is 0 Å². The van der Waals surface area contributed by atoms with E-state index < -0.39 is 11.8 Å². The van der Waals surface area contributed by atoms with Gasteiger partial charge in [0.1, 0.15) is 11.5 Å². The van der Waals surface area contributed by atoms with E-state index >= 15 is 0 Å². The van der Waals surface area contributed by atoms with Crippen molar-refractivity contribution < 1.29 is 18.8 Å². The first-order valence-electron chi connectivity index (χ1n) is 5.59. The summed E-state index contributed by atoms with van der Waals surface area (Å²) in [6, 6.07) is 4.55. The summed E-state index contributed by atoms with van der Waals surface area (Å²) in [6.07, 6.45) is 0. The number of aromatic nitrogens is 1. The van der Waals surface area contributed by atoms with E-state index in [1.54, 1.807) is 12.1 Å². The number of nitrogens with zero attached hydrogens (tertiary/aromatic N) is 1. The number of aromatic carboxylic acids is 1. The van der Waals surface area contributed by atoms with Crippen LogP contribution in [-0.4, -0.2) is 16.2 Å². The summed E-state index contributed by atoms with van der Waals surface area (Å²) < 4.78 is 19.0. The second-order valence-corrected chi connectivity index (χ2v) is 5.25. The smallest absolute Gasteiger partial charge is 0.374 e. The van der Waals surface area contributed by atoms with Crippen LogP contribution >= 0.6 is 15.9 Å². The molecule has 0 radical (unpaired) electrons. The van der Waals surface area contributed by atoms with E-state index in [1.807, 2.05) is 13.8 Å². The fraction of sp³-hybridized carbons (Fsp3) is 0.231. The summed E-state index contributed by atoms with van der Waals surface area (Å²) in [4.78, 5) is 10.7. The molecule has 6 heteroatoms. The Balaban J connectivity index is 2.56. The number of benzene rings is 1. The molecule has 0 saturated heterocycles. The zero-order chi connectivity index (χ0) is 14.2. The number of halogens is 2. The Kier molecular flexibility index (Phi) is 3.71. The van der Waals surface area contributed by atoms with Crippen LogP contribution in [0.1, 0.15) is 35.9 Å². The molecule has 0 aliphatic carbocycles. The number of carboxylic acid groups (broad SMARTS) is 1. The first kappa shape index (κ1) is 13.7. The molecular weight excluding hydrogens is 317 g/mol. The third kappa shape index (κ3) is 2.68. The van der Waals surface area contributed by atoms with E-state index in [-0.39, 0.29) is 22.9 Å². The summed E-state index contributed by atoms with van der Waals surface area (Å²) in [5.41, 5.74) is 1.30. The van der Waals surface area contributed by atoms with Gasteiger partial charge in [0.15, 0.2) is 0 Å². The van der Waals surface area contributed by atoms with Gasteiger partial charge in [-0.2, -0.15) is 0 Å². The lowest BCUT2D eigenvalue weighted by atomic mass is 9.99. The predicted octanol–water partition coefficient (Wildman–Crippen LogP) is 4.06. The van der Waals surface area contributed by atoms with Gasteiger partial charge in [0, 0.05) is 11.6 Å². The molecule has 100 valence electrons. The molecule has 0 amide bonds. The summed E-state index contributed by atoms with van der Waals surface area (Å²) in [6.45, 7) is 3.96. The summed E-state index contributed by atoms with van der Waals surface area (Å²) in [7, 11) is 0. The highest BCUT2D eigenvalue weighted by Crippen LogP contribution is 2.31. The largest absolute Gasteiger partial charge is 0.475 e. The van der Waals surface area contributed by atoms with Crippen molar-refractivity contribution in [1.82, 2.24) is 5.16 Å². The molecule has 1 heterocycles. The van der Waals surface area contributed by atoms with Gasteiger partial charge in [0.2, 0.25) is 5.76 Å². The van der Waals surface area contributed by atoms with Gasteiger partial charge in [-0.25, -0.2) is 9.18 Å². The van der Waals surface area contributed by atoms with Crippen LogP contribution in [0.25, 0.3) is 11.3 Å². The van der Waals surface area contributed by atoms with Gasteiger partial charge in [-0.15, -0.1) is 0 Å². The summed E-state index contributed by atoms with van der Waals surface area (Å²) >= 11 is 3.15. The molecule has 0 atom stereocenters. The Morgan fingerprint density at radius 1 is 1.42 bits per heavy atom. The molecule has 2 rings (SSSR count). The van der Waals surface area contributed by atoms with E-state index in [4.69, 9.17) is 5.11 Å². The molecule has 0 aliphatic rings. The van der Waals surface area contributed by atoms with Gasteiger partial charge in [0.25, 0.3) is 0 Å². The average molecular weight is 328 g/mol. The molecule has 1 aromatic carbocycles. The molecule has 0 unspecified atom stereocenters. The molecule has 0 fully saturated rings. The molecule has 0 saturated carbocycles. The molecule has 0 bridgehead atoms. The summed E-state index contributed by atoms with van der Waals surface area (Å²) in [5.74, 6) is -1.84. The SMILES string of the molecule is CC(C)c1cc(Br)c(F)c(-c2cc(C(=O)O)on2)c1. The van der Waals surface area contributed by atoms with E-state index in [0.717, 1.165) is 5.56 Å². The van der Waals surface area contributed by atoms with Crippen molar-refractivity contribution in [2.75, 3.05) is 0 Å². The van der Waals surface area contributed by atoms with Crippen molar-refractivity contribution in [3.8, 4) is 11.3 Å². The fourth-order valence-corrected chi connectivity index (χ4v) is 2.11. The zero-order valence-corrected chi connectivity index (χ0v) is 11.9. The Bertz CT molecular complexity index is 637. The number of carbonyl (C=O) groups is 1. The van der Waals surface area contributed by atoms with Gasteiger partial charge in [-0.05, 0) is 39.5 Å². The molecule has 1 aromatic heterocycles. The second kappa shape index (κ2) is 5.13. The lowest BCUT2D eigenvalue weighted by Gasteiger charge is -2.09. The van der Waals surface area contributed by atoms with Crippen LogP contribution in [-0.2, 0) is 0 Å². The maximum atomic E-state index is 14.1. The Labute approximate surface area is 117 Å². The second-order valence-electron chi connectivity index (χ2n) is 4.40. The minimum atomic E-state index is -1.24. The van der Waals surface area contributed by atoms with Crippen LogP contribution in [0.15, 0.2) is 27.2 Å². The number of carboxylic acids is 1. The molecular formula is C13H11BrFNO3. The molecule has 0 spiro atoms. The quantitative estimate of drug-likeness (QED) is 0.923. The van der Waals surface area contributed by atoms with Gasteiger partial charge in [-0.1, -0.05) is 19.0 Å². The van der Waals surface area contributed by atoms with Crippen LogP contribution in [0, 0.1) is 5.82 Å². The third-order valence-corrected chi connectivity index (χ3v) is 3.29. The van der Waals surface area contributed by atoms with Gasteiger partial charge in [0.05, 0.1) is 4.47 Å². The first-order valence-corrected chi connectivity index (χ1v) is 6.38. The van der Waals surface area contributed by atoms with Crippen molar-refractivity contribution in [1.29, 1.82) is 0 Å². The normalized spacial score (nSPS) is 11.0. The maximum Gasteiger partial charge on any atom is 0.374 e. The standard InChI is InChI=1S/C13H11BrFNO3/c1-6(2)7-3-8(12(15)9(14)4-7)10-5-11(13(17)18)19-16-10/h3-6H,1-2H3,(H,17,18). The van der Waals surface area contributed by atoms with Crippen LogP contribution in [0.4, 0.5) is 4.39 Å². The number of rotatable bonds is 3. The minimum absolute atomic E-state index is 0.165. The molecule has 0 aliphatic heterocycles. The van der Waals surface area contributed by atoms with E-state index in [9.17, 15) is 9.18 Å². The van der Waals surface area contributed by atoms with E-state index in [0.29, 0.717) is 4.47 Å². The third-order valence-electron chi connectivity index (χ3n) is 2.71. The first-order chi connectivity index (χ1) is 8.90. The van der Waals surface area contributed by atoms with Gasteiger partial charge < -0.3 is 9.63 Å². The van der Waals surface area contributed by atoms with Crippen LogP contribution in [0.5, 0.6) is 0 Å². The van der Waals surface area contributed by atoms with Crippen LogP contribution in [0.2, 0.25) is 0 Å². The number of hydrogen-bond donors (Lipinski definition) is 1. The van der Waals surface area contributed by atoms with Gasteiger partial charge in [-0.3, -0.25) is 0 Å². The molecule has 19 heavy (non-hydrogen) atoms. The van der Waals surface area contributed by atoms with Crippen molar-refractivity contribution in [3.63, 3.8) is 0 Å². The van der Waals surface area contributed by atoms with Crippen LogP contribution in [0.3, 0.4) is 0 Å². The lowest BCUT2D eigenvalue weighted by Crippen LogP contribution is -1.94. The highest BCUT2D eigenvalue weighted by Gasteiger charge is 2.18. The topological polar surface area (TPSA) is 63.3 Å². The van der Waals surface area contributed by atoms with Gasteiger partial charge >= 0.3 is 5.97 Å². The highest BCUT2D eigenvalue weighted by atomic mass is 79.9. The Morgan fingerprint density at radius 3 is 2.63 bits per heavy atom. The lowest BCUT2D eigenvalue weighted by molar-refractivity contribution is 0.0652. The van der Waals surface area contributed by atoms with E-state index in [2.05, 4.69) is 25.6 Å². The molecule has 2 aromatic rings. The molecule has 4 nitrogen and oxygen atoms in total. The monoisotopic (exact) mass is 327 g/mol. The Hall–Kier alpha value is -1.69.